The first-order valence-corrected chi connectivity index (χ1v) is 6.29. The van der Waals surface area contributed by atoms with E-state index >= 15 is 0 Å². The number of nitrogens with one attached hydrogen (secondary N) is 2. The third-order valence-electron chi connectivity index (χ3n) is 2.68. The van der Waals surface area contributed by atoms with Gasteiger partial charge in [0, 0.05) is 12.1 Å². The van der Waals surface area contributed by atoms with Crippen LogP contribution in [0.3, 0.4) is 0 Å². The van der Waals surface area contributed by atoms with Crippen molar-refractivity contribution in [2.45, 2.75) is 26.4 Å². The number of hydrogen-bond acceptors (Lipinski definition) is 3. The van der Waals surface area contributed by atoms with E-state index in [1.807, 2.05) is 19.1 Å². The molecule has 0 aliphatic rings. The summed E-state index contributed by atoms with van der Waals surface area (Å²) in [5.74, 6) is -0.522. The number of amides is 2. The van der Waals surface area contributed by atoms with Crippen LogP contribution >= 0.6 is 0 Å². The highest BCUT2D eigenvalue weighted by Gasteiger charge is 2.09. The van der Waals surface area contributed by atoms with E-state index in [4.69, 9.17) is 5.11 Å². The van der Waals surface area contributed by atoms with Crippen molar-refractivity contribution in [3.8, 4) is 0 Å². The summed E-state index contributed by atoms with van der Waals surface area (Å²) in [4.78, 5) is 23.3. The van der Waals surface area contributed by atoms with Crippen molar-refractivity contribution in [1.82, 2.24) is 10.6 Å². The van der Waals surface area contributed by atoms with E-state index in [1.165, 1.54) is 0 Å². The molecule has 0 saturated carbocycles. The second-order valence-electron chi connectivity index (χ2n) is 4.49. The Bertz CT molecular complexity index is 444. The van der Waals surface area contributed by atoms with Gasteiger partial charge in [0.1, 0.15) is 0 Å². The summed E-state index contributed by atoms with van der Waals surface area (Å²) in [6.07, 6.45) is 0.0548. The van der Waals surface area contributed by atoms with Gasteiger partial charge in [0.15, 0.2) is 0 Å². The Morgan fingerprint density at radius 2 is 1.95 bits per heavy atom. The molecule has 0 aliphatic carbocycles. The second kappa shape index (κ2) is 7.53. The number of carbonyl (C=O) groups is 2. The minimum absolute atomic E-state index is 0.0625. The molecule has 104 valence electrons. The summed E-state index contributed by atoms with van der Waals surface area (Å²) in [6.45, 7) is 3.84. The van der Waals surface area contributed by atoms with E-state index in [-0.39, 0.29) is 18.4 Å². The van der Waals surface area contributed by atoms with E-state index < -0.39 is 6.10 Å². The van der Waals surface area contributed by atoms with Gasteiger partial charge in [-0.3, -0.25) is 9.59 Å². The fourth-order valence-electron chi connectivity index (χ4n) is 1.57. The van der Waals surface area contributed by atoms with Gasteiger partial charge in [-0.25, -0.2) is 0 Å². The fourth-order valence-corrected chi connectivity index (χ4v) is 1.57. The van der Waals surface area contributed by atoms with E-state index in [1.54, 1.807) is 19.1 Å². The predicted molar refractivity (Wildman–Crippen MR) is 72.8 cm³/mol. The molecule has 1 unspecified atom stereocenters. The monoisotopic (exact) mass is 264 g/mol. The first-order chi connectivity index (χ1) is 9.00. The van der Waals surface area contributed by atoms with Gasteiger partial charge in [-0.2, -0.15) is 0 Å². The van der Waals surface area contributed by atoms with Crippen LogP contribution in [0, 0.1) is 6.92 Å². The van der Waals surface area contributed by atoms with Gasteiger partial charge in [-0.15, -0.1) is 0 Å². The molecule has 2 amide bonds. The molecule has 5 heteroatoms. The highest BCUT2D eigenvalue weighted by atomic mass is 16.3. The molecule has 0 saturated heterocycles. The molecule has 1 aromatic rings. The van der Waals surface area contributed by atoms with Crippen LogP contribution in [0.5, 0.6) is 0 Å². The molecule has 0 heterocycles. The molecule has 0 bridgehead atoms. The molecule has 0 fully saturated rings. The summed E-state index contributed by atoms with van der Waals surface area (Å²) < 4.78 is 0. The second-order valence-corrected chi connectivity index (χ2v) is 4.49. The molecule has 19 heavy (non-hydrogen) atoms. The van der Waals surface area contributed by atoms with Crippen LogP contribution in [0.25, 0.3) is 0 Å². The van der Waals surface area contributed by atoms with Crippen molar-refractivity contribution in [3.05, 3.63) is 35.4 Å². The molecule has 1 atom stereocenters. The maximum atomic E-state index is 11.8. The Morgan fingerprint density at radius 1 is 1.26 bits per heavy atom. The standard InChI is InChI=1S/C14H20N2O3/c1-10-5-3-4-6-12(10)14(19)16-9-13(18)15-8-7-11(2)17/h3-6,11,17H,7-9H2,1-2H3,(H,15,18)(H,16,19). The summed E-state index contributed by atoms with van der Waals surface area (Å²) in [5, 5.41) is 14.2. The topological polar surface area (TPSA) is 78.4 Å². The maximum absolute atomic E-state index is 11.8. The number of carbonyl (C=O) groups excluding carboxylic acids is 2. The Hall–Kier alpha value is -1.88. The molecule has 0 spiro atoms. The first kappa shape index (κ1) is 15.2. The number of aryl methyl sites for hydroxylation is 1. The van der Waals surface area contributed by atoms with Crippen molar-refractivity contribution >= 4 is 11.8 Å². The quantitative estimate of drug-likeness (QED) is 0.704. The first-order valence-electron chi connectivity index (χ1n) is 6.29. The lowest BCUT2D eigenvalue weighted by molar-refractivity contribution is -0.120. The Balaban J connectivity index is 2.34. The lowest BCUT2D eigenvalue weighted by atomic mass is 10.1. The van der Waals surface area contributed by atoms with Crippen LogP contribution in [0.4, 0.5) is 0 Å². The zero-order valence-corrected chi connectivity index (χ0v) is 11.3. The Morgan fingerprint density at radius 3 is 2.58 bits per heavy atom. The molecule has 5 nitrogen and oxygen atoms in total. The summed E-state index contributed by atoms with van der Waals surface area (Å²) in [7, 11) is 0. The molecule has 0 aliphatic heterocycles. The smallest absolute Gasteiger partial charge is 0.251 e. The largest absolute Gasteiger partial charge is 0.393 e. The van der Waals surface area contributed by atoms with Crippen molar-refractivity contribution in [2.24, 2.45) is 0 Å². The lowest BCUT2D eigenvalue weighted by Gasteiger charge is -2.09. The van der Waals surface area contributed by atoms with E-state index in [0.29, 0.717) is 18.5 Å². The molecular weight excluding hydrogens is 244 g/mol. The van der Waals surface area contributed by atoms with E-state index in [0.717, 1.165) is 5.56 Å². The fraction of sp³-hybridized carbons (Fsp3) is 0.429. The third-order valence-corrected chi connectivity index (χ3v) is 2.68. The van der Waals surface area contributed by atoms with E-state index in [9.17, 15) is 9.59 Å². The minimum atomic E-state index is -0.443. The average molecular weight is 264 g/mol. The molecule has 0 aromatic heterocycles. The van der Waals surface area contributed by atoms with Gasteiger partial charge < -0.3 is 15.7 Å². The SMILES string of the molecule is Cc1ccccc1C(=O)NCC(=O)NCCC(C)O. The van der Waals surface area contributed by atoms with Gasteiger partial charge in [0.25, 0.3) is 5.91 Å². The van der Waals surface area contributed by atoms with Crippen LogP contribution in [0.2, 0.25) is 0 Å². The number of benzene rings is 1. The van der Waals surface area contributed by atoms with Crippen LogP contribution in [0.15, 0.2) is 24.3 Å². The Kier molecular flexibility index (Phi) is 6.02. The molecule has 1 aromatic carbocycles. The van der Waals surface area contributed by atoms with Crippen molar-refractivity contribution in [1.29, 1.82) is 0 Å². The Labute approximate surface area is 113 Å². The van der Waals surface area contributed by atoms with Crippen molar-refractivity contribution < 1.29 is 14.7 Å². The highest BCUT2D eigenvalue weighted by Crippen LogP contribution is 2.05. The summed E-state index contributed by atoms with van der Waals surface area (Å²) in [5.41, 5.74) is 1.44. The van der Waals surface area contributed by atoms with Gasteiger partial charge in [-0.05, 0) is 31.9 Å². The van der Waals surface area contributed by atoms with Crippen molar-refractivity contribution in [2.75, 3.05) is 13.1 Å². The number of aliphatic hydroxyl groups is 1. The molecule has 0 radical (unpaired) electrons. The van der Waals surface area contributed by atoms with Crippen LogP contribution < -0.4 is 10.6 Å². The maximum Gasteiger partial charge on any atom is 0.251 e. The zero-order chi connectivity index (χ0) is 14.3. The number of rotatable bonds is 6. The zero-order valence-electron chi connectivity index (χ0n) is 11.3. The van der Waals surface area contributed by atoms with Gasteiger partial charge >= 0.3 is 0 Å². The number of hydrogen-bond donors (Lipinski definition) is 3. The number of aliphatic hydroxyl groups excluding tert-OH is 1. The van der Waals surface area contributed by atoms with Crippen LogP contribution in [-0.4, -0.2) is 36.1 Å². The van der Waals surface area contributed by atoms with Crippen LogP contribution in [0.1, 0.15) is 29.3 Å². The van der Waals surface area contributed by atoms with Gasteiger partial charge in [0.2, 0.25) is 5.91 Å². The van der Waals surface area contributed by atoms with Crippen LogP contribution in [-0.2, 0) is 4.79 Å². The minimum Gasteiger partial charge on any atom is -0.393 e. The van der Waals surface area contributed by atoms with Gasteiger partial charge in [0.05, 0.1) is 12.6 Å². The van der Waals surface area contributed by atoms with E-state index in [2.05, 4.69) is 10.6 Å². The highest BCUT2D eigenvalue weighted by molar-refractivity contribution is 5.97. The normalized spacial score (nSPS) is 11.7. The average Bonchev–Trinajstić information content (AvgIpc) is 2.36. The predicted octanol–water partition coefficient (Wildman–Crippen LogP) is 0.612. The van der Waals surface area contributed by atoms with Crippen molar-refractivity contribution in [3.63, 3.8) is 0 Å². The van der Waals surface area contributed by atoms with Gasteiger partial charge in [-0.1, -0.05) is 18.2 Å². The molecular formula is C14H20N2O3. The molecule has 1 rings (SSSR count). The summed E-state index contributed by atoms with van der Waals surface area (Å²) >= 11 is 0. The lowest BCUT2D eigenvalue weighted by Crippen LogP contribution is -2.38. The third kappa shape index (κ3) is 5.52. The molecule has 3 N–H and O–H groups in total. The summed E-state index contributed by atoms with van der Waals surface area (Å²) in [6, 6.07) is 7.20.